The molecule has 1 aromatic heterocycles. The molecular weight excluding hydrogens is 422 g/mol. The first kappa shape index (κ1) is 21.9. The van der Waals surface area contributed by atoms with Crippen LogP contribution >= 0.6 is 0 Å². The fourth-order valence-corrected chi connectivity index (χ4v) is 4.27. The number of imidazole rings is 1. The fraction of sp³-hybridized carbons (Fsp3) is 0.172. The van der Waals surface area contributed by atoms with E-state index in [-0.39, 0.29) is 5.91 Å². The van der Waals surface area contributed by atoms with Crippen LogP contribution in [0.15, 0.2) is 97.3 Å². The van der Waals surface area contributed by atoms with Crippen LogP contribution in [-0.4, -0.2) is 26.9 Å². The summed E-state index contributed by atoms with van der Waals surface area (Å²) in [6, 6.07) is 30.2. The van der Waals surface area contributed by atoms with Crippen molar-refractivity contribution < 1.29 is 9.53 Å². The first-order valence-electron chi connectivity index (χ1n) is 11.5. The van der Waals surface area contributed by atoms with Gasteiger partial charge in [0, 0.05) is 19.5 Å². The van der Waals surface area contributed by atoms with Gasteiger partial charge in [0.05, 0.1) is 29.9 Å². The zero-order valence-electron chi connectivity index (χ0n) is 19.0. The molecule has 34 heavy (non-hydrogen) atoms. The lowest BCUT2D eigenvalue weighted by Gasteiger charge is -2.22. The number of ether oxygens (including phenoxy) is 1. The van der Waals surface area contributed by atoms with Crippen molar-refractivity contribution in [2.45, 2.75) is 26.3 Å². The summed E-state index contributed by atoms with van der Waals surface area (Å²) >= 11 is 0. The molecule has 0 atom stereocenters. The average Bonchev–Trinajstić information content (AvgIpc) is 3.23. The lowest BCUT2D eigenvalue weighted by molar-refractivity contribution is -0.125. The Kier molecular flexibility index (Phi) is 6.64. The molecule has 4 aromatic rings. The minimum absolute atomic E-state index is 0.0104. The van der Waals surface area contributed by atoms with E-state index in [1.807, 2.05) is 94.4 Å². The SMILES string of the molecule is O=C1/C(=C\c2ccccc2)c2c(ncn2COCc2ccccc2)CCN1Cc1ccccc1. The number of amides is 1. The normalized spacial score (nSPS) is 14.8. The molecule has 1 aliphatic heterocycles. The smallest absolute Gasteiger partial charge is 0.256 e. The van der Waals surface area contributed by atoms with Gasteiger partial charge in [-0.2, -0.15) is 0 Å². The first-order chi connectivity index (χ1) is 16.8. The van der Waals surface area contributed by atoms with Crippen LogP contribution < -0.4 is 0 Å². The maximum absolute atomic E-state index is 13.8. The Morgan fingerprint density at radius 1 is 0.853 bits per heavy atom. The van der Waals surface area contributed by atoms with Gasteiger partial charge in [-0.05, 0) is 22.8 Å². The molecule has 1 aliphatic rings. The Balaban J connectivity index is 1.45. The van der Waals surface area contributed by atoms with Gasteiger partial charge in [0.1, 0.15) is 6.73 Å². The van der Waals surface area contributed by atoms with E-state index in [0.29, 0.717) is 38.4 Å². The molecule has 170 valence electrons. The van der Waals surface area contributed by atoms with Gasteiger partial charge in [-0.15, -0.1) is 0 Å². The van der Waals surface area contributed by atoms with Crippen LogP contribution in [0.5, 0.6) is 0 Å². The molecule has 0 fully saturated rings. The van der Waals surface area contributed by atoms with E-state index in [4.69, 9.17) is 4.74 Å². The van der Waals surface area contributed by atoms with Crippen LogP contribution in [0.25, 0.3) is 11.6 Å². The lowest BCUT2D eigenvalue weighted by Crippen LogP contribution is -2.31. The molecule has 5 nitrogen and oxygen atoms in total. The Morgan fingerprint density at radius 2 is 1.50 bits per heavy atom. The van der Waals surface area contributed by atoms with Crippen molar-refractivity contribution in [2.24, 2.45) is 0 Å². The van der Waals surface area contributed by atoms with E-state index in [9.17, 15) is 4.79 Å². The van der Waals surface area contributed by atoms with Crippen LogP contribution in [0.3, 0.4) is 0 Å². The van der Waals surface area contributed by atoms with Crippen molar-refractivity contribution in [3.05, 3.63) is 125 Å². The minimum Gasteiger partial charge on any atom is -0.356 e. The minimum atomic E-state index is 0.0104. The number of benzene rings is 3. The largest absolute Gasteiger partial charge is 0.356 e. The molecule has 0 radical (unpaired) electrons. The second-order valence-corrected chi connectivity index (χ2v) is 8.40. The molecule has 5 heteroatoms. The summed E-state index contributed by atoms with van der Waals surface area (Å²) in [5, 5.41) is 0. The maximum Gasteiger partial charge on any atom is 0.256 e. The topological polar surface area (TPSA) is 47.4 Å². The predicted molar refractivity (Wildman–Crippen MR) is 133 cm³/mol. The van der Waals surface area contributed by atoms with Gasteiger partial charge >= 0.3 is 0 Å². The first-order valence-corrected chi connectivity index (χ1v) is 11.5. The van der Waals surface area contributed by atoms with Gasteiger partial charge < -0.3 is 14.2 Å². The average molecular weight is 450 g/mol. The highest BCUT2D eigenvalue weighted by Crippen LogP contribution is 2.28. The number of hydrogen-bond donors (Lipinski definition) is 0. The van der Waals surface area contributed by atoms with Crippen LogP contribution in [0.1, 0.15) is 28.1 Å². The highest BCUT2D eigenvalue weighted by Gasteiger charge is 2.29. The van der Waals surface area contributed by atoms with Crippen LogP contribution in [0, 0.1) is 0 Å². The maximum atomic E-state index is 13.8. The molecule has 0 bridgehead atoms. The van der Waals surface area contributed by atoms with E-state index in [1.54, 1.807) is 6.33 Å². The Morgan fingerprint density at radius 3 is 2.21 bits per heavy atom. The van der Waals surface area contributed by atoms with Crippen LogP contribution in [-0.2, 0) is 35.8 Å². The summed E-state index contributed by atoms with van der Waals surface area (Å²) < 4.78 is 7.95. The standard InChI is InChI=1S/C29H27N3O2/c33-29-26(18-23-10-4-1-5-11-23)28-27(16-17-31(29)19-24-12-6-2-7-13-24)30-21-32(28)22-34-20-25-14-8-3-9-15-25/h1-15,18,21H,16-17,19-20,22H2/b26-18-. The van der Waals surface area contributed by atoms with Crippen molar-refractivity contribution in [3.8, 4) is 0 Å². The third kappa shape index (κ3) is 5.00. The van der Waals surface area contributed by atoms with Crippen molar-refractivity contribution in [3.63, 3.8) is 0 Å². The summed E-state index contributed by atoms with van der Waals surface area (Å²) in [4.78, 5) is 20.4. The number of nitrogens with zero attached hydrogens (tertiary/aromatic N) is 3. The van der Waals surface area contributed by atoms with Crippen molar-refractivity contribution in [2.75, 3.05) is 6.54 Å². The molecule has 0 aliphatic carbocycles. The number of aromatic nitrogens is 2. The van der Waals surface area contributed by atoms with Gasteiger partial charge in [0.15, 0.2) is 0 Å². The molecule has 0 saturated heterocycles. The van der Waals surface area contributed by atoms with Crippen molar-refractivity contribution >= 4 is 17.6 Å². The number of hydrogen-bond acceptors (Lipinski definition) is 3. The summed E-state index contributed by atoms with van der Waals surface area (Å²) in [6.45, 7) is 2.02. The second-order valence-electron chi connectivity index (χ2n) is 8.40. The Hall–Kier alpha value is -3.96. The molecule has 3 aromatic carbocycles. The molecular formula is C29H27N3O2. The molecule has 2 heterocycles. The molecule has 5 rings (SSSR count). The van der Waals surface area contributed by atoms with Gasteiger partial charge in [0.25, 0.3) is 5.91 Å². The number of fused-ring (bicyclic) bond motifs is 1. The third-order valence-corrected chi connectivity index (χ3v) is 5.97. The van der Waals surface area contributed by atoms with E-state index < -0.39 is 0 Å². The van der Waals surface area contributed by atoms with Crippen molar-refractivity contribution in [1.29, 1.82) is 0 Å². The molecule has 0 unspecified atom stereocenters. The quantitative estimate of drug-likeness (QED) is 0.365. The van der Waals surface area contributed by atoms with Crippen molar-refractivity contribution in [1.82, 2.24) is 14.5 Å². The lowest BCUT2D eigenvalue weighted by atomic mass is 10.1. The van der Waals surface area contributed by atoms with E-state index in [0.717, 1.165) is 28.1 Å². The van der Waals surface area contributed by atoms with Gasteiger partial charge in [-0.3, -0.25) is 4.79 Å². The molecule has 0 saturated carbocycles. The summed E-state index contributed by atoms with van der Waals surface area (Å²) in [7, 11) is 0. The van der Waals surface area contributed by atoms with Crippen LogP contribution in [0.4, 0.5) is 0 Å². The third-order valence-electron chi connectivity index (χ3n) is 5.97. The number of carbonyl (C=O) groups is 1. The highest BCUT2D eigenvalue weighted by molar-refractivity contribution is 6.24. The molecule has 0 spiro atoms. The highest BCUT2D eigenvalue weighted by atomic mass is 16.5. The Bertz CT molecular complexity index is 1260. The zero-order valence-corrected chi connectivity index (χ0v) is 19.0. The van der Waals surface area contributed by atoms with Crippen LogP contribution in [0.2, 0.25) is 0 Å². The zero-order chi connectivity index (χ0) is 23.2. The molecule has 0 N–H and O–H groups in total. The Labute approximate surface area is 200 Å². The van der Waals surface area contributed by atoms with Gasteiger partial charge in [0.2, 0.25) is 0 Å². The fourth-order valence-electron chi connectivity index (χ4n) is 4.27. The van der Waals surface area contributed by atoms with E-state index in [1.165, 1.54) is 0 Å². The molecule has 1 amide bonds. The summed E-state index contributed by atoms with van der Waals surface area (Å²) in [6.07, 6.45) is 4.46. The van der Waals surface area contributed by atoms with Gasteiger partial charge in [-0.25, -0.2) is 4.98 Å². The summed E-state index contributed by atoms with van der Waals surface area (Å²) in [5.41, 5.74) is 5.63. The van der Waals surface area contributed by atoms with E-state index in [2.05, 4.69) is 17.1 Å². The van der Waals surface area contributed by atoms with Gasteiger partial charge in [-0.1, -0.05) is 91.0 Å². The monoisotopic (exact) mass is 449 g/mol. The summed E-state index contributed by atoms with van der Waals surface area (Å²) in [5.74, 6) is 0.0104. The number of rotatable bonds is 7. The number of carbonyl (C=O) groups excluding carboxylic acids is 1. The predicted octanol–water partition coefficient (Wildman–Crippen LogP) is 5.18. The second kappa shape index (κ2) is 10.3. The van der Waals surface area contributed by atoms with E-state index >= 15 is 0 Å².